The Hall–Kier alpha value is -3.29. The molecule has 3 aromatic rings. The van der Waals surface area contributed by atoms with Crippen LogP contribution in [0.25, 0.3) is 11.5 Å². The second kappa shape index (κ2) is 8.39. The highest BCUT2D eigenvalue weighted by Crippen LogP contribution is 2.16. The predicted octanol–water partition coefficient (Wildman–Crippen LogP) is 1.73. The van der Waals surface area contributed by atoms with E-state index in [9.17, 15) is 9.59 Å². The van der Waals surface area contributed by atoms with Gasteiger partial charge in [0.1, 0.15) is 0 Å². The molecular weight excluding hydrogens is 346 g/mol. The first-order valence-electron chi connectivity index (χ1n) is 8.74. The van der Waals surface area contributed by atoms with E-state index in [4.69, 9.17) is 4.52 Å². The summed E-state index contributed by atoms with van der Waals surface area (Å²) in [6.45, 7) is 4.01. The van der Waals surface area contributed by atoms with E-state index in [1.165, 1.54) is 0 Å². The van der Waals surface area contributed by atoms with E-state index in [2.05, 4.69) is 25.4 Å². The molecule has 2 aromatic heterocycles. The molecule has 0 saturated carbocycles. The van der Waals surface area contributed by atoms with Crippen molar-refractivity contribution in [3.63, 3.8) is 0 Å². The number of carbonyl (C=O) groups is 1. The van der Waals surface area contributed by atoms with Crippen LogP contribution in [0.1, 0.15) is 29.2 Å². The van der Waals surface area contributed by atoms with Crippen LogP contribution in [-0.2, 0) is 17.6 Å². The lowest BCUT2D eigenvalue weighted by Gasteiger charge is -2.08. The first-order chi connectivity index (χ1) is 13.0. The molecular formula is C19H21N5O3. The number of carbonyl (C=O) groups excluding carboxylic acids is 1. The van der Waals surface area contributed by atoms with Crippen molar-refractivity contribution in [3.05, 3.63) is 63.6 Å². The van der Waals surface area contributed by atoms with Crippen LogP contribution >= 0.6 is 0 Å². The molecule has 0 radical (unpaired) electrons. The summed E-state index contributed by atoms with van der Waals surface area (Å²) in [6.07, 6.45) is 1.32. The van der Waals surface area contributed by atoms with E-state index in [-0.39, 0.29) is 11.6 Å². The maximum Gasteiger partial charge on any atom is 0.345 e. The fourth-order valence-corrected chi connectivity index (χ4v) is 2.82. The zero-order valence-corrected chi connectivity index (χ0v) is 15.3. The zero-order chi connectivity index (χ0) is 19.2. The minimum atomic E-state index is -0.367. The van der Waals surface area contributed by atoms with Crippen molar-refractivity contribution in [1.82, 2.24) is 25.4 Å². The van der Waals surface area contributed by atoms with Crippen molar-refractivity contribution in [2.45, 2.75) is 33.1 Å². The highest BCUT2D eigenvalue weighted by atomic mass is 16.5. The van der Waals surface area contributed by atoms with Crippen LogP contribution in [0.4, 0.5) is 0 Å². The number of hydrogen-bond donors (Lipinski definition) is 2. The Balaban J connectivity index is 1.46. The van der Waals surface area contributed by atoms with Crippen LogP contribution in [0.3, 0.4) is 0 Å². The van der Waals surface area contributed by atoms with Crippen molar-refractivity contribution in [3.8, 4) is 11.5 Å². The molecule has 0 aliphatic rings. The molecule has 0 aliphatic carbocycles. The molecule has 1 aromatic carbocycles. The van der Waals surface area contributed by atoms with Crippen LogP contribution in [0.15, 0.2) is 39.6 Å². The second-order valence-electron chi connectivity index (χ2n) is 6.21. The Morgan fingerprint density at radius 2 is 1.93 bits per heavy atom. The molecule has 0 aliphatic heterocycles. The van der Waals surface area contributed by atoms with E-state index in [1.807, 2.05) is 37.3 Å². The third kappa shape index (κ3) is 4.87. The van der Waals surface area contributed by atoms with Crippen LogP contribution in [0.5, 0.6) is 0 Å². The summed E-state index contributed by atoms with van der Waals surface area (Å²) >= 11 is 0. The summed E-state index contributed by atoms with van der Waals surface area (Å²) in [5, 5.41) is 6.78. The third-order valence-corrected chi connectivity index (χ3v) is 4.21. The maximum atomic E-state index is 12.1. The molecule has 27 heavy (non-hydrogen) atoms. The smallest absolute Gasteiger partial charge is 0.345 e. The molecule has 0 atom stereocenters. The van der Waals surface area contributed by atoms with E-state index in [0.29, 0.717) is 43.2 Å². The molecule has 1 amide bonds. The molecule has 140 valence electrons. The summed E-state index contributed by atoms with van der Waals surface area (Å²) in [7, 11) is 0. The van der Waals surface area contributed by atoms with Gasteiger partial charge in [0.15, 0.2) is 5.82 Å². The van der Waals surface area contributed by atoms with Crippen LogP contribution < -0.4 is 11.0 Å². The molecule has 0 saturated heterocycles. The summed E-state index contributed by atoms with van der Waals surface area (Å²) in [5.41, 5.74) is 2.80. The highest BCUT2D eigenvalue weighted by molar-refractivity contribution is 5.76. The molecule has 8 nitrogen and oxygen atoms in total. The van der Waals surface area contributed by atoms with Crippen LogP contribution in [-0.4, -0.2) is 32.6 Å². The van der Waals surface area contributed by atoms with Crippen molar-refractivity contribution < 1.29 is 9.32 Å². The van der Waals surface area contributed by atoms with Crippen molar-refractivity contribution in [2.24, 2.45) is 0 Å². The van der Waals surface area contributed by atoms with Crippen molar-refractivity contribution >= 4 is 5.91 Å². The zero-order valence-electron chi connectivity index (χ0n) is 15.3. The standard InChI is InChI=1S/C19H21N5O3/c1-12-15(13(2)22-19(26)21-12)8-9-17(25)20-11-10-16-23-18(27-24-16)14-6-4-3-5-7-14/h3-7H,8-11H2,1-2H3,(H,20,25)(H,21,22,26). The highest BCUT2D eigenvalue weighted by Gasteiger charge is 2.11. The van der Waals surface area contributed by atoms with E-state index >= 15 is 0 Å². The number of aryl methyl sites for hydroxylation is 2. The monoisotopic (exact) mass is 367 g/mol. The molecule has 0 fully saturated rings. The molecule has 8 heteroatoms. The summed E-state index contributed by atoms with van der Waals surface area (Å²) in [5.74, 6) is 0.936. The topological polar surface area (TPSA) is 114 Å². The number of benzene rings is 1. The minimum Gasteiger partial charge on any atom is -0.356 e. The Labute approximate surface area is 156 Å². The number of nitrogens with one attached hydrogen (secondary N) is 2. The number of hydrogen-bond acceptors (Lipinski definition) is 6. The SMILES string of the molecule is Cc1nc(=O)[nH]c(C)c1CCC(=O)NCCc1noc(-c2ccccc2)n1. The van der Waals surface area contributed by atoms with Gasteiger partial charge in [0, 0.05) is 36.3 Å². The van der Waals surface area contributed by atoms with Gasteiger partial charge in [-0.05, 0) is 38.0 Å². The Bertz CT molecular complexity index is 952. The van der Waals surface area contributed by atoms with Crippen LogP contribution in [0.2, 0.25) is 0 Å². The first-order valence-corrected chi connectivity index (χ1v) is 8.74. The van der Waals surface area contributed by atoms with Gasteiger partial charge in [-0.15, -0.1) is 0 Å². The normalized spacial score (nSPS) is 10.7. The fraction of sp³-hybridized carbons (Fsp3) is 0.316. The van der Waals surface area contributed by atoms with Gasteiger partial charge in [0.25, 0.3) is 5.89 Å². The molecule has 0 bridgehead atoms. The van der Waals surface area contributed by atoms with Gasteiger partial charge < -0.3 is 14.8 Å². The Kier molecular flexibility index (Phi) is 5.75. The average molecular weight is 367 g/mol. The largest absolute Gasteiger partial charge is 0.356 e. The maximum absolute atomic E-state index is 12.1. The fourth-order valence-electron chi connectivity index (χ4n) is 2.82. The quantitative estimate of drug-likeness (QED) is 0.657. The summed E-state index contributed by atoms with van der Waals surface area (Å²) < 4.78 is 5.24. The Morgan fingerprint density at radius 1 is 1.15 bits per heavy atom. The minimum absolute atomic E-state index is 0.0771. The number of amides is 1. The van der Waals surface area contributed by atoms with Crippen molar-refractivity contribution in [1.29, 1.82) is 0 Å². The predicted molar refractivity (Wildman–Crippen MR) is 99.1 cm³/mol. The lowest BCUT2D eigenvalue weighted by Crippen LogP contribution is -2.26. The van der Waals surface area contributed by atoms with Gasteiger partial charge in [-0.25, -0.2) is 4.79 Å². The lowest BCUT2D eigenvalue weighted by molar-refractivity contribution is -0.121. The van der Waals surface area contributed by atoms with E-state index in [1.54, 1.807) is 6.92 Å². The molecule has 0 spiro atoms. The lowest BCUT2D eigenvalue weighted by atomic mass is 10.1. The molecule has 2 N–H and O–H groups in total. The van der Waals surface area contributed by atoms with E-state index in [0.717, 1.165) is 16.8 Å². The number of H-pyrrole nitrogens is 1. The van der Waals surface area contributed by atoms with Gasteiger partial charge in [0.2, 0.25) is 5.91 Å². The van der Waals surface area contributed by atoms with Gasteiger partial charge >= 0.3 is 5.69 Å². The van der Waals surface area contributed by atoms with Gasteiger partial charge in [-0.3, -0.25) is 4.79 Å². The average Bonchev–Trinajstić information content (AvgIpc) is 3.10. The van der Waals surface area contributed by atoms with Gasteiger partial charge in [-0.2, -0.15) is 9.97 Å². The molecule has 3 rings (SSSR count). The number of rotatable bonds is 7. The third-order valence-electron chi connectivity index (χ3n) is 4.21. The van der Waals surface area contributed by atoms with Crippen molar-refractivity contribution in [2.75, 3.05) is 6.54 Å². The Morgan fingerprint density at radius 3 is 2.67 bits per heavy atom. The van der Waals surface area contributed by atoms with Gasteiger partial charge in [-0.1, -0.05) is 23.4 Å². The molecule has 0 unspecified atom stereocenters. The number of aromatic nitrogens is 4. The second-order valence-corrected chi connectivity index (χ2v) is 6.21. The number of aromatic amines is 1. The van der Waals surface area contributed by atoms with E-state index < -0.39 is 0 Å². The van der Waals surface area contributed by atoms with Crippen LogP contribution in [0, 0.1) is 13.8 Å². The number of nitrogens with zero attached hydrogens (tertiary/aromatic N) is 3. The molecule has 2 heterocycles. The summed E-state index contributed by atoms with van der Waals surface area (Å²) in [4.78, 5) is 34.2. The van der Waals surface area contributed by atoms with Gasteiger partial charge in [0.05, 0.1) is 0 Å². The summed E-state index contributed by atoms with van der Waals surface area (Å²) in [6, 6.07) is 9.52. The first kappa shape index (κ1) is 18.5.